The molecule has 0 aromatic carbocycles. The summed E-state index contributed by atoms with van der Waals surface area (Å²) >= 11 is 2.22. The lowest BCUT2D eigenvalue weighted by molar-refractivity contribution is -0.147. The third kappa shape index (κ3) is 4.11. The van der Waals surface area contributed by atoms with E-state index < -0.39 is 11.4 Å². The largest absolute Gasteiger partial charge is 0.481 e. The van der Waals surface area contributed by atoms with Crippen molar-refractivity contribution in [3.05, 3.63) is 16.0 Å². The van der Waals surface area contributed by atoms with Gasteiger partial charge in [0, 0.05) is 12.7 Å². The maximum Gasteiger partial charge on any atom is 0.309 e. The number of hydrogen-bond donors (Lipinski definition) is 1. The maximum absolute atomic E-state index is 10.9. The molecular formula is C11H17IN2O2. The average Bonchev–Trinajstić information content (AvgIpc) is 2.59. The number of halogens is 1. The summed E-state index contributed by atoms with van der Waals surface area (Å²) in [5, 5.41) is 13.1. The molecule has 0 aliphatic rings. The molecule has 0 aliphatic carbocycles. The zero-order chi connectivity index (χ0) is 12.2. The maximum atomic E-state index is 10.9. The lowest BCUT2D eigenvalue weighted by Crippen LogP contribution is -2.23. The van der Waals surface area contributed by atoms with Crippen LogP contribution < -0.4 is 0 Å². The highest BCUT2D eigenvalue weighted by molar-refractivity contribution is 14.1. The first-order chi connectivity index (χ1) is 7.42. The van der Waals surface area contributed by atoms with Crippen molar-refractivity contribution in [2.24, 2.45) is 5.41 Å². The monoisotopic (exact) mass is 336 g/mol. The molecule has 0 spiro atoms. The number of carbonyl (C=O) groups is 1. The van der Waals surface area contributed by atoms with Crippen LogP contribution >= 0.6 is 22.6 Å². The molecule has 1 N–H and O–H groups in total. The number of unbranched alkanes of at least 4 members (excludes halogenated alkanes) is 1. The average molecular weight is 336 g/mol. The van der Waals surface area contributed by atoms with Gasteiger partial charge in [0.05, 0.1) is 15.2 Å². The third-order valence-electron chi connectivity index (χ3n) is 2.62. The van der Waals surface area contributed by atoms with Crippen LogP contribution in [0.25, 0.3) is 0 Å². The molecule has 0 saturated carbocycles. The SMILES string of the molecule is CC(C)(CCCCn1cc(I)cn1)C(=O)O. The van der Waals surface area contributed by atoms with E-state index >= 15 is 0 Å². The zero-order valence-corrected chi connectivity index (χ0v) is 11.8. The molecule has 0 amide bonds. The molecule has 0 bridgehead atoms. The van der Waals surface area contributed by atoms with E-state index in [0.29, 0.717) is 6.42 Å². The molecule has 4 nitrogen and oxygen atoms in total. The highest BCUT2D eigenvalue weighted by Crippen LogP contribution is 2.23. The smallest absolute Gasteiger partial charge is 0.309 e. The predicted molar refractivity (Wildman–Crippen MR) is 70.2 cm³/mol. The Morgan fingerprint density at radius 3 is 2.75 bits per heavy atom. The van der Waals surface area contributed by atoms with Crippen molar-refractivity contribution < 1.29 is 9.90 Å². The molecule has 1 aromatic heterocycles. The Morgan fingerprint density at radius 1 is 1.56 bits per heavy atom. The molecular weight excluding hydrogens is 319 g/mol. The summed E-state index contributed by atoms with van der Waals surface area (Å²) in [6, 6.07) is 0. The Morgan fingerprint density at radius 2 is 2.25 bits per heavy atom. The lowest BCUT2D eigenvalue weighted by atomic mass is 9.87. The molecule has 5 heteroatoms. The van der Waals surface area contributed by atoms with Crippen molar-refractivity contribution >= 4 is 28.6 Å². The summed E-state index contributed by atoms with van der Waals surface area (Å²) in [7, 11) is 0. The van der Waals surface area contributed by atoms with Crippen LogP contribution in [0.1, 0.15) is 33.1 Å². The minimum absolute atomic E-state index is 0.613. The Hall–Kier alpha value is -0.590. The first kappa shape index (κ1) is 13.5. The second kappa shape index (κ2) is 5.65. The third-order valence-corrected chi connectivity index (χ3v) is 3.18. The van der Waals surface area contributed by atoms with Crippen molar-refractivity contribution in [3.8, 4) is 0 Å². The Bertz CT molecular complexity index is 361. The summed E-state index contributed by atoms with van der Waals surface area (Å²) in [4.78, 5) is 10.9. The number of carboxylic acid groups (broad SMARTS) is 1. The molecule has 1 rings (SSSR count). The number of nitrogens with zero attached hydrogens (tertiary/aromatic N) is 2. The Balaban J connectivity index is 2.24. The first-order valence-corrected chi connectivity index (χ1v) is 6.41. The van der Waals surface area contributed by atoms with Gasteiger partial charge in [-0.15, -0.1) is 0 Å². The quantitative estimate of drug-likeness (QED) is 0.642. The standard InChI is InChI=1S/C11H17IN2O2/c1-11(2,10(15)16)5-3-4-6-14-8-9(12)7-13-14/h7-8H,3-6H2,1-2H3,(H,15,16). The topological polar surface area (TPSA) is 55.1 Å². The van der Waals surface area contributed by atoms with Crippen LogP contribution in [0.3, 0.4) is 0 Å². The van der Waals surface area contributed by atoms with Gasteiger partial charge in [-0.3, -0.25) is 9.48 Å². The molecule has 0 aliphatic heterocycles. The fourth-order valence-corrected chi connectivity index (χ4v) is 1.85. The molecule has 0 fully saturated rings. The highest BCUT2D eigenvalue weighted by Gasteiger charge is 2.25. The summed E-state index contributed by atoms with van der Waals surface area (Å²) in [5.74, 6) is -0.721. The van der Waals surface area contributed by atoms with Crippen LogP contribution in [0, 0.1) is 8.99 Å². The number of aliphatic carboxylic acids is 1. The van der Waals surface area contributed by atoms with E-state index in [1.807, 2.05) is 17.1 Å². The van der Waals surface area contributed by atoms with Gasteiger partial charge in [-0.1, -0.05) is 6.42 Å². The van der Waals surface area contributed by atoms with Gasteiger partial charge in [0.1, 0.15) is 0 Å². The summed E-state index contributed by atoms with van der Waals surface area (Å²) in [6.07, 6.45) is 6.40. The van der Waals surface area contributed by atoms with E-state index in [2.05, 4.69) is 27.7 Å². The highest BCUT2D eigenvalue weighted by atomic mass is 127. The number of aromatic nitrogens is 2. The number of rotatable bonds is 6. The van der Waals surface area contributed by atoms with Gasteiger partial charge in [0.25, 0.3) is 0 Å². The zero-order valence-electron chi connectivity index (χ0n) is 9.61. The van der Waals surface area contributed by atoms with E-state index in [1.54, 1.807) is 13.8 Å². The molecule has 0 saturated heterocycles. The second-order valence-electron chi connectivity index (χ2n) is 4.57. The van der Waals surface area contributed by atoms with Crippen LogP contribution in [0.4, 0.5) is 0 Å². The second-order valence-corrected chi connectivity index (χ2v) is 5.81. The molecule has 0 unspecified atom stereocenters. The van der Waals surface area contributed by atoms with Gasteiger partial charge >= 0.3 is 5.97 Å². The fraction of sp³-hybridized carbons (Fsp3) is 0.636. The first-order valence-electron chi connectivity index (χ1n) is 5.33. The summed E-state index contributed by atoms with van der Waals surface area (Å²) in [6.45, 7) is 4.40. The minimum atomic E-state index is -0.721. The number of aryl methyl sites for hydroxylation is 1. The van der Waals surface area contributed by atoms with Crippen LogP contribution in [-0.4, -0.2) is 20.9 Å². The van der Waals surface area contributed by atoms with Crippen molar-refractivity contribution in [3.63, 3.8) is 0 Å². The normalized spacial score (nSPS) is 11.7. The number of carboxylic acids is 1. The van der Waals surface area contributed by atoms with Crippen molar-refractivity contribution in [2.45, 2.75) is 39.7 Å². The van der Waals surface area contributed by atoms with E-state index in [0.717, 1.165) is 23.0 Å². The van der Waals surface area contributed by atoms with Gasteiger partial charge in [-0.2, -0.15) is 5.10 Å². The van der Waals surface area contributed by atoms with E-state index in [-0.39, 0.29) is 0 Å². The van der Waals surface area contributed by atoms with E-state index in [4.69, 9.17) is 5.11 Å². The lowest BCUT2D eigenvalue weighted by Gasteiger charge is -2.18. The summed E-state index contributed by atoms with van der Waals surface area (Å²) in [5.41, 5.74) is -0.613. The van der Waals surface area contributed by atoms with Gasteiger partial charge in [-0.05, 0) is 49.3 Å². The van der Waals surface area contributed by atoms with Gasteiger partial charge in [-0.25, -0.2) is 0 Å². The fourth-order valence-electron chi connectivity index (χ4n) is 1.41. The van der Waals surface area contributed by atoms with Gasteiger partial charge in [0.15, 0.2) is 0 Å². The van der Waals surface area contributed by atoms with E-state index in [1.165, 1.54) is 0 Å². The van der Waals surface area contributed by atoms with Gasteiger partial charge < -0.3 is 5.11 Å². The molecule has 0 radical (unpaired) electrons. The van der Waals surface area contributed by atoms with Crippen molar-refractivity contribution in [2.75, 3.05) is 0 Å². The molecule has 1 heterocycles. The number of hydrogen-bond acceptors (Lipinski definition) is 2. The van der Waals surface area contributed by atoms with Crippen LogP contribution in [0.5, 0.6) is 0 Å². The molecule has 1 aromatic rings. The van der Waals surface area contributed by atoms with Crippen LogP contribution in [-0.2, 0) is 11.3 Å². The van der Waals surface area contributed by atoms with Gasteiger partial charge in [0.2, 0.25) is 0 Å². The van der Waals surface area contributed by atoms with Crippen molar-refractivity contribution in [1.29, 1.82) is 0 Å². The summed E-state index contributed by atoms with van der Waals surface area (Å²) < 4.78 is 3.03. The molecule has 16 heavy (non-hydrogen) atoms. The molecule has 90 valence electrons. The van der Waals surface area contributed by atoms with Crippen LogP contribution in [0.15, 0.2) is 12.4 Å². The molecule has 0 atom stereocenters. The van der Waals surface area contributed by atoms with Crippen LogP contribution in [0.2, 0.25) is 0 Å². The Labute approximate surface area is 109 Å². The minimum Gasteiger partial charge on any atom is -0.481 e. The van der Waals surface area contributed by atoms with Crippen molar-refractivity contribution in [1.82, 2.24) is 9.78 Å². The Kier molecular flexibility index (Phi) is 4.76. The van der Waals surface area contributed by atoms with E-state index in [9.17, 15) is 4.79 Å². The predicted octanol–water partition coefficient (Wildman–Crippen LogP) is 2.77.